The SMILES string of the molecule is CC(C)CCC[C@H](C)[C@H]1CC[C@H]2[C@@H]3CC=C4CC(=O)CC[C@@]4(C)[C@@H]3CC[C@@]12C. The second-order valence-corrected chi connectivity index (χ2v) is 12.0. The van der Waals surface area contributed by atoms with Crippen LogP contribution in [-0.4, -0.2) is 5.78 Å². The Morgan fingerprint density at radius 1 is 1.04 bits per heavy atom. The first kappa shape index (κ1) is 20.7. The third-order valence-corrected chi connectivity index (χ3v) is 10.1. The van der Waals surface area contributed by atoms with Gasteiger partial charge in [0, 0.05) is 12.8 Å². The average molecular weight is 385 g/mol. The second-order valence-electron chi connectivity index (χ2n) is 12.0. The molecule has 0 aliphatic heterocycles. The van der Waals surface area contributed by atoms with E-state index in [2.05, 4.69) is 40.7 Å². The van der Waals surface area contributed by atoms with Gasteiger partial charge in [0.2, 0.25) is 0 Å². The zero-order valence-corrected chi connectivity index (χ0v) is 19.2. The number of fused-ring (bicyclic) bond motifs is 5. The molecule has 1 nitrogen and oxygen atoms in total. The summed E-state index contributed by atoms with van der Waals surface area (Å²) in [5.41, 5.74) is 2.43. The Morgan fingerprint density at radius 3 is 2.57 bits per heavy atom. The van der Waals surface area contributed by atoms with Crippen LogP contribution in [0.15, 0.2) is 11.6 Å². The molecule has 0 aromatic carbocycles. The van der Waals surface area contributed by atoms with Gasteiger partial charge in [0.25, 0.3) is 0 Å². The van der Waals surface area contributed by atoms with E-state index < -0.39 is 0 Å². The molecule has 28 heavy (non-hydrogen) atoms. The van der Waals surface area contributed by atoms with E-state index in [-0.39, 0.29) is 0 Å². The molecule has 0 heterocycles. The third kappa shape index (κ3) is 3.33. The molecule has 0 radical (unpaired) electrons. The van der Waals surface area contributed by atoms with E-state index in [1.165, 1.54) is 56.9 Å². The summed E-state index contributed by atoms with van der Waals surface area (Å²) < 4.78 is 0. The molecule has 4 rings (SSSR count). The smallest absolute Gasteiger partial charge is 0.136 e. The van der Waals surface area contributed by atoms with Gasteiger partial charge in [-0.3, -0.25) is 4.79 Å². The number of rotatable bonds is 5. The lowest BCUT2D eigenvalue weighted by Gasteiger charge is -2.58. The minimum Gasteiger partial charge on any atom is -0.299 e. The zero-order chi connectivity index (χ0) is 20.1. The van der Waals surface area contributed by atoms with Crippen LogP contribution < -0.4 is 0 Å². The Hall–Kier alpha value is -0.590. The van der Waals surface area contributed by atoms with Gasteiger partial charge in [-0.2, -0.15) is 0 Å². The van der Waals surface area contributed by atoms with Crippen LogP contribution in [0.25, 0.3) is 0 Å². The topological polar surface area (TPSA) is 17.1 Å². The molecule has 4 aliphatic carbocycles. The van der Waals surface area contributed by atoms with Gasteiger partial charge < -0.3 is 0 Å². The van der Waals surface area contributed by atoms with Crippen molar-refractivity contribution in [1.82, 2.24) is 0 Å². The largest absolute Gasteiger partial charge is 0.299 e. The maximum absolute atomic E-state index is 12.1. The maximum atomic E-state index is 12.1. The van der Waals surface area contributed by atoms with Crippen LogP contribution in [0.3, 0.4) is 0 Å². The third-order valence-electron chi connectivity index (χ3n) is 10.1. The van der Waals surface area contributed by atoms with Crippen LogP contribution >= 0.6 is 0 Å². The van der Waals surface area contributed by atoms with E-state index in [0.29, 0.717) is 16.6 Å². The summed E-state index contributed by atoms with van der Waals surface area (Å²) in [5, 5.41) is 0. The lowest BCUT2D eigenvalue weighted by molar-refractivity contribution is -0.122. The summed E-state index contributed by atoms with van der Waals surface area (Å²) in [4.78, 5) is 12.1. The van der Waals surface area contributed by atoms with Gasteiger partial charge in [0.1, 0.15) is 5.78 Å². The van der Waals surface area contributed by atoms with Gasteiger partial charge in [0.15, 0.2) is 0 Å². The van der Waals surface area contributed by atoms with Crippen molar-refractivity contribution in [2.75, 3.05) is 0 Å². The van der Waals surface area contributed by atoms with Crippen molar-refractivity contribution in [3.8, 4) is 0 Å². The highest BCUT2D eigenvalue weighted by Crippen LogP contribution is 2.67. The van der Waals surface area contributed by atoms with Crippen molar-refractivity contribution in [1.29, 1.82) is 0 Å². The summed E-state index contributed by atoms with van der Waals surface area (Å²) in [6.45, 7) is 12.5. The van der Waals surface area contributed by atoms with E-state index >= 15 is 0 Å². The van der Waals surface area contributed by atoms with Crippen LogP contribution in [0.2, 0.25) is 0 Å². The second kappa shape index (κ2) is 7.59. The molecule has 0 N–H and O–H groups in total. The van der Waals surface area contributed by atoms with Crippen molar-refractivity contribution < 1.29 is 4.79 Å². The van der Waals surface area contributed by atoms with Crippen molar-refractivity contribution in [2.45, 2.75) is 105 Å². The van der Waals surface area contributed by atoms with Gasteiger partial charge in [-0.1, -0.05) is 65.5 Å². The number of carbonyl (C=O) groups is 1. The Bertz CT molecular complexity index is 630. The van der Waals surface area contributed by atoms with Gasteiger partial charge in [0.05, 0.1) is 0 Å². The number of hydrogen-bond donors (Lipinski definition) is 0. The molecule has 0 aromatic heterocycles. The van der Waals surface area contributed by atoms with Crippen LogP contribution in [0.4, 0.5) is 0 Å². The fraction of sp³-hybridized carbons (Fsp3) is 0.889. The maximum Gasteiger partial charge on any atom is 0.136 e. The molecular weight excluding hydrogens is 340 g/mol. The summed E-state index contributed by atoms with van der Waals surface area (Å²) in [7, 11) is 0. The molecular formula is C27H44O. The van der Waals surface area contributed by atoms with Crippen LogP contribution in [0.5, 0.6) is 0 Å². The Morgan fingerprint density at radius 2 is 1.82 bits per heavy atom. The predicted molar refractivity (Wildman–Crippen MR) is 118 cm³/mol. The molecule has 3 saturated carbocycles. The fourth-order valence-corrected chi connectivity index (χ4v) is 8.50. The average Bonchev–Trinajstić information content (AvgIpc) is 2.99. The first-order chi connectivity index (χ1) is 13.3. The minimum atomic E-state index is 0.332. The zero-order valence-electron chi connectivity index (χ0n) is 19.2. The first-order valence-corrected chi connectivity index (χ1v) is 12.5. The predicted octanol–water partition coefficient (Wildman–Crippen LogP) is 7.60. The summed E-state index contributed by atoms with van der Waals surface area (Å²) in [6.07, 6.45) is 16.5. The van der Waals surface area contributed by atoms with Crippen LogP contribution in [-0.2, 0) is 4.79 Å². The lowest BCUT2D eigenvalue weighted by Crippen LogP contribution is -2.50. The number of hydrogen-bond acceptors (Lipinski definition) is 1. The Kier molecular flexibility index (Phi) is 5.60. The van der Waals surface area contributed by atoms with Crippen LogP contribution in [0, 0.1) is 46.3 Å². The van der Waals surface area contributed by atoms with Gasteiger partial charge in [-0.15, -0.1) is 0 Å². The van der Waals surface area contributed by atoms with E-state index in [9.17, 15) is 4.79 Å². The van der Waals surface area contributed by atoms with Crippen molar-refractivity contribution in [2.24, 2.45) is 46.3 Å². The first-order valence-electron chi connectivity index (χ1n) is 12.5. The molecule has 0 unspecified atom stereocenters. The van der Waals surface area contributed by atoms with Gasteiger partial charge >= 0.3 is 0 Å². The highest BCUT2D eigenvalue weighted by atomic mass is 16.1. The molecule has 0 saturated heterocycles. The number of Topliss-reactive ketones (excluding diaryl/α,β-unsaturated/α-hetero) is 1. The van der Waals surface area contributed by atoms with Crippen molar-refractivity contribution >= 4 is 5.78 Å². The summed E-state index contributed by atoms with van der Waals surface area (Å²) >= 11 is 0. The quantitative estimate of drug-likeness (QED) is 0.446. The van der Waals surface area contributed by atoms with Gasteiger partial charge in [-0.05, 0) is 84.9 Å². The van der Waals surface area contributed by atoms with E-state index in [0.717, 1.165) is 54.8 Å². The van der Waals surface area contributed by atoms with Crippen molar-refractivity contribution in [3.05, 3.63) is 11.6 Å². The van der Waals surface area contributed by atoms with E-state index in [1.807, 2.05) is 0 Å². The normalized spacial score (nSPS) is 43.9. The molecule has 1 heteroatoms. The molecule has 158 valence electrons. The number of ketones is 1. The van der Waals surface area contributed by atoms with Crippen molar-refractivity contribution in [3.63, 3.8) is 0 Å². The number of carbonyl (C=O) groups excluding carboxylic acids is 1. The number of allylic oxidation sites excluding steroid dienone is 2. The minimum absolute atomic E-state index is 0.332. The molecule has 0 amide bonds. The molecule has 4 aliphatic rings. The summed E-state index contributed by atoms with van der Waals surface area (Å²) in [5.74, 6) is 5.82. The van der Waals surface area contributed by atoms with E-state index in [1.54, 1.807) is 0 Å². The fourth-order valence-electron chi connectivity index (χ4n) is 8.50. The highest BCUT2D eigenvalue weighted by Gasteiger charge is 2.59. The highest BCUT2D eigenvalue weighted by molar-refractivity contribution is 5.82. The molecule has 0 bridgehead atoms. The molecule has 0 aromatic rings. The van der Waals surface area contributed by atoms with Gasteiger partial charge in [-0.25, -0.2) is 0 Å². The summed E-state index contributed by atoms with van der Waals surface area (Å²) in [6, 6.07) is 0. The Balaban J connectivity index is 1.50. The molecule has 0 spiro atoms. The van der Waals surface area contributed by atoms with E-state index in [4.69, 9.17) is 0 Å². The standard InChI is InChI=1S/C27H44O/c1-18(2)7-6-8-19(3)23-11-12-24-22-10-9-20-17-21(28)13-15-26(20,4)25(22)14-16-27(23,24)5/h9,18-19,22-25H,6-8,10-17H2,1-5H3/t19-,22-,23+,24-,25+,26+,27-/m0/s1. The Labute approximate surface area is 174 Å². The lowest BCUT2D eigenvalue weighted by atomic mass is 9.47. The monoisotopic (exact) mass is 384 g/mol. The molecule has 7 atom stereocenters. The van der Waals surface area contributed by atoms with Crippen LogP contribution in [0.1, 0.15) is 105 Å². The molecule has 3 fully saturated rings.